The Morgan fingerprint density at radius 3 is 2.81 bits per heavy atom. The van der Waals surface area contributed by atoms with Gasteiger partial charge in [0.05, 0.1) is 16.1 Å². The summed E-state index contributed by atoms with van der Waals surface area (Å²) in [5, 5.41) is 1.80. The molecule has 3 aromatic heterocycles. The summed E-state index contributed by atoms with van der Waals surface area (Å²) >= 11 is 6.50. The third kappa shape index (κ3) is 5.18. The van der Waals surface area contributed by atoms with E-state index in [0.717, 1.165) is 19.4 Å². The van der Waals surface area contributed by atoms with Crippen LogP contribution in [0.5, 0.6) is 6.01 Å². The highest BCUT2D eigenvalue weighted by molar-refractivity contribution is 6.36. The van der Waals surface area contributed by atoms with E-state index in [0.29, 0.717) is 53.2 Å². The number of anilines is 1. The number of carbonyl (C=O) groups excluding carboxylic acids is 1. The van der Waals surface area contributed by atoms with Gasteiger partial charge < -0.3 is 24.4 Å². The molecule has 0 bridgehead atoms. The third-order valence-corrected chi connectivity index (χ3v) is 8.44. The first kappa shape index (κ1) is 28.0. The normalized spacial score (nSPS) is 19.5. The number of H-pyrrole nitrogens is 1. The van der Waals surface area contributed by atoms with E-state index in [-0.39, 0.29) is 41.0 Å². The van der Waals surface area contributed by atoms with Crippen LogP contribution in [0, 0.1) is 5.82 Å². The third-order valence-electron chi connectivity index (χ3n) is 8.13. The minimum absolute atomic E-state index is 0.0844. The number of rotatable bonds is 6. The van der Waals surface area contributed by atoms with Crippen LogP contribution in [0.4, 0.5) is 10.2 Å². The second kappa shape index (κ2) is 11.3. The molecule has 1 amide bonds. The van der Waals surface area contributed by atoms with E-state index >= 15 is 4.39 Å². The highest BCUT2D eigenvalue weighted by Gasteiger charge is 2.30. The molecule has 1 N–H and O–H groups in total. The monoisotopic (exact) mass is 591 g/mol. The summed E-state index contributed by atoms with van der Waals surface area (Å²) in [7, 11) is 2.06. The zero-order valence-corrected chi connectivity index (χ0v) is 24.2. The number of likely N-dealkylation sites (tertiary alicyclic amines) is 1. The smallest absolute Gasteiger partial charge is 0.320 e. The predicted octanol–water partition coefficient (Wildman–Crippen LogP) is 4.02. The van der Waals surface area contributed by atoms with E-state index in [4.69, 9.17) is 21.3 Å². The summed E-state index contributed by atoms with van der Waals surface area (Å²) in [6.07, 6.45) is 3.41. The molecule has 218 valence electrons. The summed E-state index contributed by atoms with van der Waals surface area (Å²) in [5.74, 6) is -0.334. The molecule has 0 aliphatic carbocycles. The number of carbonyl (C=O) groups is 1. The largest absolute Gasteiger partial charge is 0.462 e. The van der Waals surface area contributed by atoms with Gasteiger partial charge in [0.15, 0.2) is 11.5 Å². The number of nitrogens with one attached hydrogen (secondary N) is 1. The number of likely N-dealkylation sites (N-methyl/N-ethyl adjacent to an activating group) is 1. The van der Waals surface area contributed by atoms with Crippen molar-refractivity contribution >= 4 is 45.1 Å². The van der Waals surface area contributed by atoms with Crippen LogP contribution in [-0.2, 0) is 4.79 Å². The molecule has 6 rings (SSSR count). The Kier molecular flexibility index (Phi) is 7.54. The molecule has 1 aromatic carbocycles. The number of benzene rings is 1. The lowest BCUT2D eigenvalue weighted by Crippen LogP contribution is -2.53. The van der Waals surface area contributed by atoms with Crippen molar-refractivity contribution in [3.63, 3.8) is 0 Å². The topological polar surface area (TPSA) is 108 Å². The van der Waals surface area contributed by atoms with Gasteiger partial charge in [0, 0.05) is 43.2 Å². The number of fused-ring (bicyclic) bond motifs is 2. The number of aromatic nitrogens is 4. The van der Waals surface area contributed by atoms with Gasteiger partial charge in [0.1, 0.15) is 18.1 Å². The van der Waals surface area contributed by atoms with Gasteiger partial charge in [0.25, 0.3) is 0 Å². The molecule has 0 unspecified atom stereocenters. The van der Waals surface area contributed by atoms with E-state index < -0.39 is 11.4 Å². The fourth-order valence-corrected chi connectivity index (χ4v) is 6.16. The molecule has 2 atom stereocenters. The lowest BCUT2D eigenvalue weighted by atomic mass is 10.1. The molecular weight excluding hydrogens is 561 g/mol. The first-order valence-corrected chi connectivity index (χ1v) is 14.3. The molecule has 2 aliphatic heterocycles. The minimum Gasteiger partial charge on any atom is -0.462 e. The van der Waals surface area contributed by atoms with Crippen molar-refractivity contribution in [2.75, 3.05) is 44.7 Å². The maximum atomic E-state index is 15.9. The van der Waals surface area contributed by atoms with Crippen LogP contribution in [0.15, 0.2) is 47.8 Å². The van der Waals surface area contributed by atoms with E-state index in [1.165, 1.54) is 18.2 Å². The van der Waals surface area contributed by atoms with Gasteiger partial charge in [-0.3, -0.25) is 9.59 Å². The fraction of sp³-hybridized carbons (Fsp3) is 0.367. The van der Waals surface area contributed by atoms with Crippen LogP contribution in [0.2, 0.25) is 5.02 Å². The summed E-state index contributed by atoms with van der Waals surface area (Å²) in [5.41, 5.74) is -0.107. The van der Waals surface area contributed by atoms with Crippen LogP contribution in [0.25, 0.3) is 33.2 Å². The molecule has 2 aliphatic rings. The van der Waals surface area contributed by atoms with Gasteiger partial charge in [0.2, 0.25) is 11.5 Å². The molecule has 2 fully saturated rings. The van der Waals surface area contributed by atoms with Gasteiger partial charge in [-0.2, -0.15) is 9.97 Å². The lowest BCUT2D eigenvalue weighted by molar-refractivity contribution is -0.126. The Bertz CT molecular complexity index is 1760. The van der Waals surface area contributed by atoms with E-state index in [1.54, 1.807) is 23.1 Å². The highest BCUT2D eigenvalue weighted by atomic mass is 35.5. The maximum absolute atomic E-state index is 15.9. The Morgan fingerprint density at radius 1 is 1.24 bits per heavy atom. The van der Waals surface area contributed by atoms with E-state index in [2.05, 4.69) is 33.5 Å². The number of halogens is 2. The van der Waals surface area contributed by atoms with Crippen LogP contribution in [-0.4, -0.2) is 87.6 Å². The number of hydrogen-bond acceptors (Lipinski definition) is 8. The molecule has 42 heavy (non-hydrogen) atoms. The Morgan fingerprint density at radius 2 is 2.07 bits per heavy atom. The van der Waals surface area contributed by atoms with Crippen LogP contribution >= 0.6 is 11.6 Å². The molecule has 4 aromatic rings. The van der Waals surface area contributed by atoms with Crippen molar-refractivity contribution in [3.8, 4) is 17.4 Å². The maximum Gasteiger partial charge on any atom is 0.320 e. The van der Waals surface area contributed by atoms with Gasteiger partial charge in [-0.25, -0.2) is 9.37 Å². The average Bonchev–Trinajstić information content (AvgIpc) is 3.39. The fourth-order valence-electron chi connectivity index (χ4n) is 5.88. The first-order chi connectivity index (χ1) is 20.2. The molecular formula is C30H31ClFN7O3. The number of hydrogen-bond donors (Lipinski definition) is 1. The number of ether oxygens (including phenoxy) is 1. The van der Waals surface area contributed by atoms with Crippen molar-refractivity contribution in [2.24, 2.45) is 0 Å². The molecule has 0 spiro atoms. The second-order valence-electron chi connectivity index (χ2n) is 10.9. The Labute approximate surface area is 246 Å². The Hall–Kier alpha value is -4.09. The Balaban J connectivity index is 1.48. The van der Waals surface area contributed by atoms with E-state index in [9.17, 15) is 9.59 Å². The molecule has 0 radical (unpaired) electrons. The summed E-state index contributed by atoms with van der Waals surface area (Å²) < 4.78 is 22.1. The molecule has 2 saturated heterocycles. The van der Waals surface area contributed by atoms with Gasteiger partial charge in [-0.1, -0.05) is 30.3 Å². The van der Waals surface area contributed by atoms with Crippen molar-refractivity contribution in [2.45, 2.75) is 31.8 Å². The van der Waals surface area contributed by atoms with Crippen molar-refractivity contribution in [3.05, 3.63) is 64.2 Å². The SMILES string of the molecule is C=CC(=O)N1CCN(c2nc(OC[C@@H]3CCCN3C)nc3nc(-c4[nH]c(=O)cc5cccc(Cl)c45)c(F)cc23)[C@@H](C)C1. The number of aromatic amines is 1. The lowest BCUT2D eigenvalue weighted by Gasteiger charge is -2.40. The van der Waals surface area contributed by atoms with Crippen molar-refractivity contribution in [1.29, 1.82) is 0 Å². The van der Waals surface area contributed by atoms with Gasteiger partial charge >= 0.3 is 6.01 Å². The van der Waals surface area contributed by atoms with Gasteiger partial charge in [-0.05, 0) is 57.0 Å². The quantitative estimate of drug-likeness (QED) is 0.335. The zero-order valence-electron chi connectivity index (χ0n) is 23.4. The van der Waals surface area contributed by atoms with Crippen LogP contribution < -0.4 is 15.2 Å². The molecule has 5 heterocycles. The minimum atomic E-state index is -0.662. The summed E-state index contributed by atoms with van der Waals surface area (Å²) in [6.45, 7) is 8.34. The molecule has 0 saturated carbocycles. The summed E-state index contributed by atoms with van der Waals surface area (Å²) in [4.78, 5) is 47.4. The average molecular weight is 592 g/mol. The second-order valence-corrected chi connectivity index (χ2v) is 11.3. The zero-order chi connectivity index (χ0) is 29.5. The number of nitrogens with zero attached hydrogens (tertiary/aromatic N) is 6. The first-order valence-electron chi connectivity index (χ1n) is 13.9. The number of amides is 1. The predicted molar refractivity (Wildman–Crippen MR) is 161 cm³/mol. The molecule has 10 nitrogen and oxygen atoms in total. The number of piperazine rings is 1. The number of pyridine rings is 2. The van der Waals surface area contributed by atoms with Crippen LogP contribution in [0.3, 0.4) is 0 Å². The standard InChI is InChI=1S/C30H31ClFN7O3/c1-4-24(41)38-11-12-39(17(2)15-38)29-20-14-22(32)26(27-25-18(13-23(40)33-27)7-5-9-21(25)31)34-28(20)35-30(36-29)42-16-19-8-6-10-37(19)3/h4-5,7,9,13-14,17,19H,1,6,8,10-12,15-16H2,2-3H3,(H,33,40)/t17-,19-/m0/s1. The molecule has 12 heteroatoms. The van der Waals surface area contributed by atoms with Crippen LogP contribution in [0.1, 0.15) is 19.8 Å². The van der Waals surface area contributed by atoms with Crippen molar-refractivity contribution < 1.29 is 13.9 Å². The highest BCUT2D eigenvalue weighted by Crippen LogP contribution is 2.35. The van der Waals surface area contributed by atoms with Gasteiger partial charge in [-0.15, -0.1) is 0 Å². The van der Waals surface area contributed by atoms with E-state index in [1.807, 2.05) is 11.8 Å². The summed E-state index contributed by atoms with van der Waals surface area (Å²) in [6, 6.07) is 8.12. The van der Waals surface area contributed by atoms with Crippen molar-refractivity contribution in [1.82, 2.24) is 29.7 Å².